The SMILES string of the molecule is O=C(NC[C@@H]1CC(Br)=NO1)C1CC(c2ccccc2)CN1C(=O)OCc1cnc2ccccc2c1. The minimum Gasteiger partial charge on any atom is -0.444 e. The van der Waals surface area contributed by atoms with Crippen LogP contribution in [0, 0.1) is 0 Å². The first-order valence-electron chi connectivity index (χ1n) is 11.5. The minimum absolute atomic E-state index is 0.0436. The third kappa shape index (κ3) is 5.45. The van der Waals surface area contributed by atoms with Crippen LogP contribution in [0.2, 0.25) is 0 Å². The Hall–Kier alpha value is -3.46. The number of rotatable bonds is 6. The van der Waals surface area contributed by atoms with Gasteiger partial charge in [0.2, 0.25) is 5.91 Å². The number of benzene rings is 2. The molecule has 9 heteroatoms. The molecule has 8 nitrogen and oxygen atoms in total. The van der Waals surface area contributed by atoms with Gasteiger partial charge < -0.3 is 14.9 Å². The van der Waals surface area contributed by atoms with Gasteiger partial charge in [-0.1, -0.05) is 53.7 Å². The average Bonchev–Trinajstić information content (AvgIpc) is 3.53. The lowest BCUT2D eigenvalue weighted by molar-refractivity contribution is -0.125. The molecule has 3 heterocycles. The molecule has 0 bridgehead atoms. The zero-order chi connectivity index (χ0) is 24.2. The number of nitrogens with one attached hydrogen (secondary N) is 1. The van der Waals surface area contributed by atoms with Crippen molar-refractivity contribution in [1.29, 1.82) is 0 Å². The predicted octanol–water partition coefficient (Wildman–Crippen LogP) is 4.34. The molecule has 2 aromatic carbocycles. The van der Waals surface area contributed by atoms with E-state index in [9.17, 15) is 9.59 Å². The quantitative estimate of drug-likeness (QED) is 0.505. The number of carbonyl (C=O) groups excluding carboxylic acids is 2. The summed E-state index contributed by atoms with van der Waals surface area (Å²) in [5.74, 6) is -0.179. The topological polar surface area (TPSA) is 93.1 Å². The van der Waals surface area contributed by atoms with Crippen molar-refractivity contribution in [3.63, 3.8) is 0 Å². The Kier molecular flexibility index (Phi) is 6.94. The maximum atomic E-state index is 13.1. The molecule has 1 aromatic heterocycles. The number of nitrogens with zero attached hydrogens (tertiary/aromatic N) is 3. The van der Waals surface area contributed by atoms with E-state index in [1.54, 1.807) is 6.20 Å². The van der Waals surface area contributed by atoms with Crippen LogP contribution >= 0.6 is 15.9 Å². The van der Waals surface area contributed by atoms with Crippen LogP contribution in [-0.4, -0.2) is 51.7 Å². The summed E-state index contributed by atoms with van der Waals surface area (Å²) in [5.41, 5.74) is 2.77. The third-order valence-electron chi connectivity index (χ3n) is 6.32. The smallest absolute Gasteiger partial charge is 0.410 e. The maximum Gasteiger partial charge on any atom is 0.410 e. The zero-order valence-electron chi connectivity index (χ0n) is 19.0. The van der Waals surface area contributed by atoms with Gasteiger partial charge in [0, 0.05) is 36.0 Å². The van der Waals surface area contributed by atoms with E-state index in [1.165, 1.54) is 4.90 Å². The van der Waals surface area contributed by atoms with Gasteiger partial charge in [-0.3, -0.25) is 14.7 Å². The van der Waals surface area contributed by atoms with Crippen molar-refractivity contribution in [2.45, 2.75) is 37.5 Å². The number of oxime groups is 1. The summed E-state index contributed by atoms with van der Waals surface area (Å²) in [4.78, 5) is 37.5. The second-order valence-electron chi connectivity index (χ2n) is 8.75. The molecule has 1 fully saturated rings. The summed E-state index contributed by atoms with van der Waals surface area (Å²) in [6.07, 6.45) is 2.09. The summed E-state index contributed by atoms with van der Waals surface area (Å²) in [5, 5.41) is 7.75. The summed E-state index contributed by atoms with van der Waals surface area (Å²) >= 11 is 3.30. The molecule has 5 rings (SSSR count). The van der Waals surface area contributed by atoms with Crippen LogP contribution in [0.3, 0.4) is 0 Å². The van der Waals surface area contributed by atoms with E-state index in [-0.39, 0.29) is 24.5 Å². The van der Waals surface area contributed by atoms with E-state index >= 15 is 0 Å². The number of fused-ring (bicyclic) bond motifs is 1. The van der Waals surface area contributed by atoms with Gasteiger partial charge in [-0.05, 0) is 40.0 Å². The molecule has 2 aliphatic heterocycles. The van der Waals surface area contributed by atoms with Gasteiger partial charge in [0.05, 0.1) is 12.1 Å². The number of para-hydroxylation sites is 1. The first kappa shape index (κ1) is 23.3. The summed E-state index contributed by atoms with van der Waals surface area (Å²) in [7, 11) is 0. The van der Waals surface area contributed by atoms with Crippen molar-refractivity contribution in [3.05, 3.63) is 78.0 Å². The summed E-state index contributed by atoms with van der Waals surface area (Å²) in [6.45, 7) is 0.805. The molecule has 180 valence electrons. The molecule has 1 saturated heterocycles. The highest BCUT2D eigenvalue weighted by atomic mass is 79.9. The fourth-order valence-electron chi connectivity index (χ4n) is 4.51. The van der Waals surface area contributed by atoms with Gasteiger partial charge in [0.15, 0.2) is 6.10 Å². The highest BCUT2D eigenvalue weighted by Gasteiger charge is 2.41. The van der Waals surface area contributed by atoms with Crippen LogP contribution in [0.15, 0.2) is 72.0 Å². The zero-order valence-corrected chi connectivity index (χ0v) is 20.6. The highest BCUT2D eigenvalue weighted by molar-refractivity contribution is 9.18. The number of carbonyl (C=O) groups is 2. The first-order chi connectivity index (χ1) is 17.1. The number of pyridine rings is 1. The van der Waals surface area contributed by atoms with Crippen LogP contribution in [0.5, 0.6) is 0 Å². The molecule has 0 saturated carbocycles. The monoisotopic (exact) mass is 536 g/mol. The lowest BCUT2D eigenvalue weighted by Gasteiger charge is -2.23. The largest absolute Gasteiger partial charge is 0.444 e. The van der Waals surface area contributed by atoms with Crippen LogP contribution in [0.1, 0.15) is 29.9 Å². The fraction of sp³-hybridized carbons (Fsp3) is 0.308. The number of likely N-dealkylation sites (tertiary alicyclic amines) is 1. The van der Waals surface area contributed by atoms with Crippen LogP contribution in [0.4, 0.5) is 4.79 Å². The second kappa shape index (κ2) is 10.4. The van der Waals surface area contributed by atoms with Gasteiger partial charge in [-0.2, -0.15) is 0 Å². The van der Waals surface area contributed by atoms with Crippen molar-refractivity contribution in [3.8, 4) is 0 Å². The Labute approximate surface area is 211 Å². The lowest BCUT2D eigenvalue weighted by Crippen LogP contribution is -2.47. The van der Waals surface area contributed by atoms with E-state index in [0.29, 0.717) is 25.9 Å². The Morgan fingerprint density at radius 1 is 1.14 bits per heavy atom. The van der Waals surface area contributed by atoms with E-state index in [1.807, 2.05) is 60.7 Å². The normalized spacial score (nSPS) is 21.5. The van der Waals surface area contributed by atoms with Crippen LogP contribution in [0.25, 0.3) is 10.9 Å². The van der Waals surface area contributed by atoms with Gasteiger partial charge in [0.1, 0.15) is 17.3 Å². The lowest BCUT2D eigenvalue weighted by atomic mass is 9.96. The number of halogens is 1. The molecule has 3 aromatic rings. The molecule has 2 amide bonds. The van der Waals surface area contributed by atoms with Crippen molar-refractivity contribution in [1.82, 2.24) is 15.2 Å². The summed E-state index contributed by atoms with van der Waals surface area (Å²) < 4.78 is 6.35. The van der Waals surface area contributed by atoms with E-state index in [0.717, 1.165) is 26.7 Å². The number of aromatic nitrogens is 1. The Morgan fingerprint density at radius 2 is 1.94 bits per heavy atom. The van der Waals surface area contributed by atoms with Crippen molar-refractivity contribution in [2.75, 3.05) is 13.1 Å². The minimum atomic E-state index is -0.631. The average molecular weight is 537 g/mol. The first-order valence-corrected chi connectivity index (χ1v) is 12.3. The maximum absolute atomic E-state index is 13.1. The van der Waals surface area contributed by atoms with E-state index in [2.05, 4.69) is 31.4 Å². The molecular formula is C26H25BrN4O4. The standard InChI is InChI=1S/C26H25BrN4O4/c27-24-12-21(35-30-24)14-29-25(32)23-11-20(18-6-2-1-3-7-18)15-31(23)26(33)34-16-17-10-19-8-4-5-9-22(19)28-13-17/h1-10,13,20-21,23H,11-12,14-16H2,(H,29,32)/t20?,21-,23?/m0/s1. The van der Waals surface area contributed by atoms with Crippen molar-refractivity contribution >= 4 is 43.5 Å². The third-order valence-corrected chi connectivity index (χ3v) is 6.79. The number of hydrogen-bond acceptors (Lipinski definition) is 6. The summed E-state index contributed by atoms with van der Waals surface area (Å²) in [6, 6.07) is 19.0. The van der Waals surface area contributed by atoms with Gasteiger partial charge in [-0.25, -0.2) is 4.79 Å². The molecule has 35 heavy (non-hydrogen) atoms. The van der Waals surface area contributed by atoms with Crippen molar-refractivity contribution < 1.29 is 19.2 Å². The molecule has 3 atom stereocenters. The fourth-order valence-corrected chi connectivity index (χ4v) is 4.96. The molecular weight excluding hydrogens is 512 g/mol. The second-order valence-corrected chi connectivity index (χ2v) is 9.66. The Bertz CT molecular complexity index is 1250. The molecule has 0 radical (unpaired) electrons. The van der Waals surface area contributed by atoms with Gasteiger partial charge in [-0.15, -0.1) is 0 Å². The molecule has 0 aliphatic carbocycles. The van der Waals surface area contributed by atoms with Crippen molar-refractivity contribution in [2.24, 2.45) is 5.16 Å². The Balaban J connectivity index is 1.26. The van der Waals surface area contributed by atoms with Gasteiger partial charge >= 0.3 is 6.09 Å². The molecule has 2 aliphatic rings. The number of ether oxygens (including phenoxy) is 1. The van der Waals surface area contributed by atoms with Crippen LogP contribution in [-0.2, 0) is 21.0 Å². The van der Waals surface area contributed by atoms with Gasteiger partial charge in [0.25, 0.3) is 0 Å². The molecule has 1 N–H and O–H groups in total. The number of hydrogen-bond donors (Lipinski definition) is 1. The van der Waals surface area contributed by atoms with E-state index < -0.39 is 12.1 Å². The molecule has 2 unspecified atom stereocenters. The Morgan fingerprint density at radius 3 is 2.74 bits per heavy atom. The molecule has 0 spiro atoms. The van der Waals surface area contributed by atoms with Crippen LogP contribution < -0.4 is 5.32 Å². The predicted molar refractivity (Wildman–Crippen MR) is 135 cm³/mol. The highest BCUT2D eigenvalue weighted by Crippen LogP contribution is 2.32. The number of amides is 2. The van der Waals surface area contributed by atoms with E-state index in [4.69, 9.17) is 9.57 Å².